The Balaban J connectivity index is 3.56. The Morgan fingerprint density at radius 3 is 1.71 bits per heavy atom. The number of rotatable bonds is 0. The van der Waals surface area contributed by atoms with Crippen molar-refractivity contribution in [3.8, 4) is 0 Å². The molecule has 7 heavy (non-hydrogen) atoms. The lowest BCUT2D eigenvalue weighted by Crippen LogP contribution is -2.07. The van der Waals surface area contributed by atoms with Crippen LogP contribution in [0, 0.1) is 0 Å². The van der Waals surface area contributed by atoms with E-state index in [9.17, 15) is 0 Å². The van der Waals surface area contributed by atoms with Crippen LogP contribution in [0.2, 0.25) is 0 Å². The van der Waals surface area contributed by atoms with E-state index in [1.165, 1.54) is 0 Å². The van der Waals surface area contributed by atoms with Gasteiger partial charge in [0, 0.05) is 0 Å². The van der Waals surface area contributed by atoms with Crippen LogP contribution in [-0.4, -0.2) is 13.5 Å². The van der Waals surface area contributed by atoms with Crippen molar-refractivity contribution in [2.24, 2.45) is 10.1 Å². The van der Waals surface area contributed by atoms with E-state index in [4.69, 9.17) is 7.98 Å². The summed E-state index contributed by atoms with van der Waals surface area (Å²) in [6.45, 7) is 5.80. The maximum absolute atomic E-state index is 4.77. The first-order valence-corrected chi connectivity index (χ1v) is 2.18. The van der Waals surface area contributed by atoms with E-state index in [0.29, 0.717) is 0 Å². The Bertz CT molecular complexity index is 72.2. The molecule has 0 spiro atoms. The van der Waals surface area contributed by atoms with Gasteiger partial charge >= 0.3 is 0 Å². The molecule has 0 bridgehead atoms. The summed E-state index contributed by atoms with van der Waals surface area (Å²) in [7, 11) is 4.77. The highest BCUT2D eigenvalue weighted by Crippen LogP contribution is 2.04. The van der Waals surface area contributed by atoms with Gasteiger partial charge in [0.05, 0.1) is 5.54 Å². The van der Waals surface area contributed by atoms with Crippen molar-refractivity contribution >= 4 is 7.98 Å². The molecule has 0 amide bonds. The van der Waals surface area contributed by atoms with Crippen LogP contribution in [-0.2, 0) is 0 Å². The highest BCUT2D eigenvalue weighted by atomic mass is 15.1. The van der Waals surface area contributed by atoms with Gasteiger partial charge in [-0.3, -0.25) is 5.03 Å². The van der Waals surface area contributed by atoms with Gasteiger partial charge in [0.25, 0.3) is 7.98 Å². The summed E-state index contributed by atoms with van der Waals surface area (Å²) >= 11 is 0. The topological polar surface area (TPSA) is 24.7 Å². The zero-order valence-electron chi connectivity index (χ0n) is 4.97. The van der Waals surface area contributed by atoms with Gasteiger partial charge in [-0.05, 0) is 20.8 Å². The zero-order valence-corrected chi connectivity index (χ0v) is 4.97. The van der Waals surface area contributed by atoms with Gasteiger partial charge < -0.3 is 0 Å². The Labute approximate surface area is 45.5 Å². The third-order valence-corrected chi connectivity index (χ3v) is 0.358. The summed E-state index contributed by atoms with van der Waals surface area (Å²) < 4.78 is 0. The molecule has 2 radical (unpaired) electrons. The predicted molar refractivity (Wildman–Crippen MR) is 30.4 cm³/mol. The quantitative estimate of drug-likeness (QED) is 0.321. The summed E-state index contributed by atoms with van der Waals surface area (Å²) in [5.74, 6) is 0. The van der Waals surface area contributed by atoms with E-state index in [1.54, 1.807) is 0 Å². The molecule has 0 atom stereocenters. The highest BCUT2D eigenvalue weighted by Gasteiger charge is 2.04. The smallest absolute Gasteiger partial charge is 0.273 e. The van der Waals surface area contributed by atoms with Crippen molar-refractivity contribution in [2.45, 2.75) is 26.3 Å². The maximum Gasteiger partial charge on any atom is 0.292 e. The maximum atomic E-state index is 4.77. The molecular formula is C4H9BN2. The third-order valence-electron chi connectivity index (χ3n) is 0.358. The van der Waals surface area contributed by atoms with Crippen LogP contribution < -0.4 is 0 Å². The lowest BCUT2D eigenvalue weighted by Gasteiger charge is -2.07. The molecule has 0 aromatic rings. The van der Waals surface area contributed by atoms with Crippen molar-refractivity contribution in [2.75, 3.05) is 0 Å². The van der Waals surface area contributed by atoms with Crippen molar-refractivity contribution in [3.05, 3.63) is 0 Å². The lowest BCUT2D eigenvalue weighted by molar-refractivity contribution is 0.557. The molecule has 0 aromatic heterocycles. The highest BCUT2D eigenvalue weighted by molar-refractivity contribution is 6.04. The van der Waals surface area contributed by atoms with Gasteiger partial charge in [0.1, 0.15) is 0 Å². The summed E-state index contributed by atoms with van der Waals surface area (Å²) in [5.41, 5.74) is -0.116. The molecule has 0 heterocycles. The zero-order chi connectivity index (χ0) is 5.91. The van der Waals surface area contributed by atoms with Crippen molar-refractivity contribution in [1.29, 1.82) is 0 Å². The molecule has 0 aliphatic heterocycles. The number of hydrogen-bond acceptors (Lipinski definition) is 2. The third kappa shape index (κ3) is 5.66. The first kappa shape index (κ1) is 6.66. The van der Waals surface area contributed by atoms with Crippen molar-refractivity contribution < 1.29 is 0 Å². The molecule has 2 nitrogen and oxygen atoms in total. The molecule has 0 N–H and O–H groups in total. The van der Waals surface area contributed by atoms with E-state index in [2.05, 4.69) is 10.1 Å². The van der Waals surface area contributed by atoms with Gasteiger partial charge in [-0.15, -0.1) is 0 Å². The predicted octanol–water partition coefficient (Wildman–Crippen LogP) is 1.32. The Hall–Kier alpha value is -0.335. The van der Waals surface area contributed by atoms with Crippen LogP contribution in [0.4, 0.5) is 0 Å². The van der Waals surface area contributed by atoms with Gasteiger partial charge in [0.15, 0.2) is 0 Å². The average molecular weight is 95.9 g/mol. The lowest BCUT2D eigenvalue weighted by atomic mass is 10.1. The summed E-state index contributed by atoms with van der Waals surface area (Å²) in [5, 5.41) is 6.79. The first-order chi connectivity index (χ1) is 3.06. The average Bonchev–Trinajstić information content (AvgIpc) is 1.30. The summed E-state index contributed by atoms with van der Waals surface area (Å²) in [6, 6.07) is 0. The second kappa shape index (κ2) is 2.10. The van der Waals surface area contributed by atoms with Crippen molar-refractivity contribution in [3.63, 3.8) is 0 Å². The van der Waals surface area contributed by atoms with E-state index in [-0.39, 0.29) is 5.54 Å². The second-order valence-corrected chi connectivity index (χ2v) is 2.39. The minimum atomic E-state index is -0.116. The molecule has 0 aliphatic carbocycles. The SMILES string of the molecule is [B]N=NC(C)(C)C. The Kier molecular flexibility index (Phi) is 2.00. The van der Waals surface area contributed by atoms with Crippen LogP contribution in [0.15, 0.2) is 10.1 Å². The fraction of sp³-hybridized carbons (Fsp3) is 1.00. The Morgan fingerprint density at radius 2 is 1.71 bits per heavy atom. The number of nitrogens with zero attached hydrogens (tertiary/aromatic N) is 2. The molecular weight excluding hydrogens is 86.9 g/mol. The molecule has 3 heteroatoms. The van der Waals surface area contributed by atoms with Crippen LogP contribution in [0.1, 0.15) is 20.8 Å². The van der Waals surface area contributed by atoms with Crippen LogP contribution >= 0.6 is 0 Å². The van der Waals surface area contributed by atoms with Gasteiger partial charge in [-0.2, -0.15) is 0 Å². The van der Waals surface area contributed by atoms with Gasteiger partial charge in [-0.1, -0.05) is 0 Å². The molecule has 0 aliphatic rings. The molecule has 0 rings (SSSR count). The monoisotopic (exact) mass is 96.1 g/mol. The van der Waals surface area contributed by atoms with Crippen molar-refractivity contribution in [1.82, 2.24) is 0 Å². The largest absolute Gasteiger partial charge is 0.292 e. The molecule has 0 fully saturated rings. The van der Waals surface area contributed by atoms with E-state index >= 15 is 0 Å². The van der Waals surface area contributed by atoms with E-state index in [1.807, 2.05) is 20.8 Å². The Morgan fingerprint density at radius 1 is 1.29 bits per heavy atom. The van der Waals surface area contributed by atoms with Gasteiger partial charge in [-0.25, -0.2) is 5.11 Å². The van der Waals surface area contributed by atoms with E-state index < -0.39 is 0 Å². The summed E-state index contributed by atoms with van der Waals surface area (Å²) in [4.78, 5) is 0. The minimum absolute atomic E-state index is 0.116. The molecule has 0 saturated carbocycles. The second-order valence-electron chi connectivity index (χ2n) is 2.39. The summed E-state index contributed by atoms with van der Waals surface area (Å²) in [6.07, 6.45) is 0. The van der Waals surface area contributed by atoms with Crippen LogP contribution in [0.25, 0.3) is 0 Å². The first-order valence-electron chi connectivity index (χ1n) is 2.18. The minimum Gasteiger partial charge on any atom is -0.273 e. The normalized spacial score (nSPS) is 13.0. The fourth-order valence-electron chi connectivity index (χ4n) is 0.173. The molecule has 0 unspecified atom stereocenters. The molecule has 0 aromatic carbocycles. The number of hydrogen-bond donors (Lipinski definition) is 0. The standard InChI is InChI=1S/C4H9BN2/c1-4(2,3)6-7-5/h1-3H3. The van der Waals surface area contributed by atoms with E-state index in [0.717, 1.165) is 0 Å². The van der Waals surface area contributed by atoms with Gasteiger partial charge in [0.2, 0.25) is 0 Å². The van der Waals surface area contributed by atoms with Crippen LogP contribution in [0.5, 0.6) is 0 Å². The molecule has 38 valence electrons. The fourth-order valence-corrected chi connectivity index (χ4v) is 0.173. The van der Waals surface area contributed by atoms with Crippen LogP contribution in [0.3, 0.4) is 0 Å². The molecule has 0 saturated heterocycles.